The van der Waals surface area contributed by atoms with Crippen LogP contribution in [0.1, 0.15) is 0 Å². The number of hydrogen-bond acceptors (Lipinski definition) is 4. The molecular weight excluding hydrogens is 242 g/mol. The number of nitrogens with zero attached hydrogens (tertiary/aromatic N) is 5. The van der Waals surface area contributed by atoms with Crippen molar-refractivity contribution < 1.29 is 4.79 Å². The van der Waals surface area contributed by atoms with E-state index < -0.39 is 0 Å². The second-order valence-electron chi connectivity index (χ2n) is 4.92. The molecule has 6 heteroatoms. The summed E-state index contributed by atoms with van der Waals surface area (Å²) in [4.78, 5) is 16.4. The van der Waals surface area contributed by atoms with Crippen LogP contribution in [0.25, 0.3) is 11.0 Å². The molecule has 0 aliphatic carbocycles. The van der Waals surface area contributed by atoms with Crippen molar-refractivity contribution in [2.24, 2.45) is 0 Å². The van der Waals surface area contributed by atoms with Gasteiger partial charge in [-0.1, -0.05) is 17.3 Å². The molecule has 0 radical (unpaired) electrons. The highest BCUT2D eigenvalue weighted by atomic mass is 16.2. The summed E-state index contributed by atoms with van der Waals surface area (Å²) in [5.74, 6) is 0.115. The largest absolute Gasteiger partial charge is 0.339 e. The number of benzene rings is 1. The highest BCUT2D eigenvalue weighted by Crippen LogP contribution is 2.10. The van der Waals surface area contributed by atoms with Gasteiger partial charge in [0, 0.05) is 26.2 Å². The van der Waals surface area contributed by atoms with Crippen molar-refractivity contribution in [3.05, 3.63) is 24.3 Å². The average molecular weight is 259 g/mol. The van der Waals surface area contributed by atoms with Gasteiger partial charge in [-0.2, -0.15) is 0 Å². The van der Waals surface area contributed by atoms with Gasteiger partial charge in [-0.15, -0.1) is 5.10 Å². The summed E-state index contributed by atoms with van der Waals surface area (Å²) in [6.45, 7) is 3.72. The maximum absolute atomic E-state index is 12.2. The van der Waals surface area contributed by atoms with E-state index >= 15 is 0 Å². The van der Waals surface area contributed by atoms with Gasteiger partial charge in [0.2, 0.25) is 5.91 Å². The number of rotatable bonds is 2. The molecule has 1 aliphatic rings. The first kappa shape index (κ1) is 12.1. The van der Waals surface area contributed by atoms with Crippen molar-refractivity contribution in [1.82, 2.24) is 24.8 Å². The summed E-state index contributed by atoms with van der Waals surface area (Å²) in [5.41, 5.74) is 1.73. The van der Waals surface area contributed by atoms with Crippen LogP contribution in [0.15, 0.2) is 24.3 Å². The molecule has 0 unspecified atom stereocenters. The summed E-state index contributed by atoms with van der Waals surface area (Å²) in [6.07, 6.45) is 0. The van der Waals surface area contributed by atoms with Gasteiger partial charge in [0.15, 0.2) is 0 Å². The van der Waals surface area contributed by atoms with Gasteiger partial charge in [0.05, 0.1) is 5.52 Å². The quantitative estimate of drug-likeness (QED) is 0.773. The Labute approximate surface area is 111 Å². The van der Waals surface area contributed by atoms with Crippen molar-refractivity contribution >= 4 is 16.9 Å². The van der Waals surface area contributed by atoms with E-state index in [2.05, 4.69) is 22.3 Å². The number of aromatic nitrogens is 3. The van der Waals surface area contributed by atoms with Gasteiger partial charge in [0.25, 0.3) is 0 Å². The zero-order valence-electron chi connectivity index (χ0n) is 11.0. The van der Waals surface area contributed by atoms with E-state index in [0.717, 1.165) is 37.2 Å². The van der Waals surface area contributed by atoms with Crippen LogP contribution in [-0.4, -0.2) is 63.9 Å². The molecule has 19 heavy (non-hydrogen) atoms. The third-order valence-electron chi connectivity index (χ3n) is 3.56. The third-order valence-corrected chi connectivity index (χ3v) is 3.56. The number of hydrogen-bond donors (Lipinski definition) is 0. The Bertz CT molecular complexity index is 585. The fourth-order valence-corrected chi connectivity index (χ4v) is 2.32. The smallest absolute Gasteiger partial charge is 0.244 e. The van der Waals surface area contributed by atoms with E-state index in [9.17, 15) is 4.79 Å². The highest BCUT2D eigenvalue weighted by molar-refractivity contribution is 5.79. The Balaban J connectivity index is 1.72. The van der Waals surface area contributed by atoms with Gasteiger partial charge < -0.3 is 9.80 Å². The van der Waals surface area contributed by atoms with Crippen molar-refractivity contribution in [3.8, 4) is 0 Å². The van der Waals surface area contributed by atoms with E-state index in [4.69, 9.17) is 0 Å². The molecule has 2 heterocycles. The van der Waals surface area contributed by atoms with Crippen molar-refractivity contribution in [1.29, 1.82) is 0 Å². The van der Waals surface area contributed by atoms with Gasteiger partial charge in [0.1, 0.15) is 12.1 Å². The van der Waals surface area contributed by atoms with Crippen LogP contribution in [0, 0.1) is 0 Å². The SMILES string of the molecule is CN1CCN(C(=O)Cn2nnc3ccccc32)CC1. The minimum atomic E-state index is 0.115. The normalized spacial score (nSPS) is 17.0. The second kappa shape index (κ2) is 4.97. The van der Waals surface area contributed by atoms with Gasteiger partial charge in [-0.25, -0.2) is 4.68 Å². The number of amides is 1. The lowest BCUT2D eigenvalue weighted by molar-refractivity contribution is -0.133. The summed E-state index contributed by atoms with van der Waals surface area (Å²) in [6, 6.07) is 7.69. The molecule has 1 fully saturated rings. The molecule has 0 spiro atoms. The van der Waals surface area contributed by atoms with Crippen LogP contribution in [0.3, 0.4) is 0 Å². The lowest BCUT2D eigenvalue weighted by atomic mass is 10.3. The fraction of sp³-hybridized carbons (Fsp3) is 0.462. The standard InChI is InChI=1S/C13H17N5O/c1-16-6-8-17(9-7-16)13(19)10-18-12-5-3-2-4-11(12)14-15-18/h2-5H,6-10H2,1H3. The predicted molar refractivity (Wildman–Crippen MR) is 71.6 cm³/mol. The maximum atomic E-state index is 12.2. The topological polar surface area (TPSA) is 54.3 Å². The molecule has 1 aromatic heterocycles. The number of piperazine rings is 1. The Kier molecular flexibility index (Phi) is 3.16. The number of carbonyl (C=O) groups excluding carboxylic acids is 1. The molecule has 2 aromatic rings. The first-order valence-corrected chi connectivity index (χ1v) is 6.48. The highest BCUT2D eigenvalue weighted by Gasteiger charge is 2.20. The number of fused-ring (bicyclic) bond motifs is 1. The molecule has 0 N–H and O–H groups in total. The summed E-state index contributed by atoms with van der Waals surface area (Å²) < 4.78 is 1.68. The Morgan fingerprint density at radius 1 is 1.21 bits per heavy atom. The molecule has 1 aromatic carbocycles. The van der Waals surface area contributed by atoms with Crippen LogP contribution in [-0.2, 0) is 11.3 Å². The molecule has 1 saturated heterocycles. The van der Waals surface area contributed by atoms with Gasteiger partial charge >= 0.3 is 0 Å². The van der Waals surface area contributed by atoms with Crippen molar-refractivity contribution in [3.63, 3.8) is 0 Å². The van der Waals surface area contributed by atoms with E-state index in [1.165, 1.54) is 0 Å². The number of likely N-dealkylation sites (N-methyl/N-ethyl adjacent to an activating group) is 1. The molecule has 0 saturated carbocycles. The monoisotopic (exact) mass is 259 g/mol. The second-order valence-corrected chi connectivity index (χ2v) is 4.92. The van der Waals surface area contributed by atoms with Crippen molar-refractivity contribution in [2.75, 3.05) is 33.2 Å². The van der Waals surface area contributed by atoms with E-state index in [0.29, 0.717) is 0 Å². The van der Waals surface area contributed by atoms with Crippen LogP contribution < -0.4 is 0 Å². The molecule has 3 rings (SSSR count). The lowest BCUT2D eigenvalue weighted by Gasteiger charge is -2.32. The van der Waals surface area contributed by atoms with Crippen LogP contribution in [0.4, 0.5) is 0 Å². The molecular formula is C13H17N5O. The van der Waals surface area contributed by atoms with Gasteiger partial charge in [-0.3, -0.25) is 4.79 Å². The third kappa shape index (κ3) is 2.44. The zero-order valence-corrected chi connectivity index (χ0v) is 11.0. The van der Waals surface area contributed by atoms with Crippen LogP contribution in [0.5, 0.6) is 0 Å². The van der Waals surface area contributed by atoms with E-state index in [1.54, 1.807) is 4.68 Å². The Hall–Kier alpha value is -1.95. The minimum absolute atomic E-state index is 0.115. The minimum Gasteiger partial charge on any atom is -0.339 e. The Morgan fingerprint density at radius 2 is 1.95 bits per heavy atom. The van der Waals surface area contributed by atoms with Crippen molar-refractivity contribution in [2.45, 2.75) is 6.54 Å². The molecule has 0 atom stereocenters. The first-order chi connectivity index (χ1) is 9.24. The molecule has 1 amide bonds. The van der Waals surface area contributed by atoms with E-state index in [1.807, 2.05) is 29.2 Å². The molecule has 100 valence electrons. The first-order valence-electron chi connectivity index (χ1n) is 6.48. The fourth-order valence-electron chi connectivity index (χ4n) is 2.32. The van der Waals surface area contributed by atoms with Gasteiger partial charge in [-0.05, 0) is 19.2 Å². The lowest BCUT2D eigenvalue weighted by Crippen LogP contribution is -2.48. The number of carbonyl (C=O) groups is 1. The summed E-state index contributed by atoms with van der Waals surface area (Å²) >= 11 is 0. The number of para-hydroxylation sites is 1. The summed E-state index contributed by atoms with van der Waals surface area (Å²) in [5, 5.41) is 8.12. The molecule has 1 aliphatic heterocycles. The van der Waals surface area contributed by atoms with Crippen LogP contribution >= 0.6 is 0 Å². The Morgan fingerprint density at radius 3 is 2.74 bits per heavy atom. The summed E-state index contributed by atoms with van der Waals surface area (Å²) in [7, 11) is 2.08. The predicted octanol–water partition coefficient (Wildman–Crippen LogP) is 0.205. The van der Waals surface area contributed by atoms with E-state index in [-0.39, 0.29) is 12.5 Å². The average Bonchev–Trinajstić information content (AvgIpc) is 2.83. The molecule has 0 bridgehead atoms. The molecule has 6 nitrogen and oxygen atoms in total. The zero-order chi connectivity index (χ0) is 13.2. The van der Waals surface area contributed by atoms with Crippen LogP contribution in [0.2, 0.25) is 0 Å². The maximum Gasteiger partial charge on any atom is 0.244 e.